The number of halogens is 1. The number of carbonyl (C=O) groups is 3. The van der Waals surface area contributed by atoms with Gasteiger partial charge in [0.15, 0.2) is 0 Å². The van der Waals surface area contributed by atoms with Crippen LogP contribution in [0.3, 0.4) is 0 Å². The number of ether oxygens (including phenoxy) is 3. The molecular formula is C28H25ClN2O6. The Hall–Kier alpha value is -4.30. The number of rotatable bonds is 8. The molecule has 3 aromatic carbocycles. The van der Waals surface area contributed by atoms with Gasteiger partial charge in [0, 0.05) is 11.8 Å². The van der Waals surface area contributed by atoms with E-state index in [4.69, 9.17) is 25.8 Å². The van der Waals surface area contributed by atoms with Gasteiger partial charge in [-0.2, -0.15) is 0 Å². The number of hydrogen-bond acceptors (Lipinski definition) is 7. The van der Waals surface area contributed by atoms with Gasteiger partial charge in [-0.15, -0.1) is 0 Å². The van der Waals surface area contributed by atoms with Crippen LogP contribution in [0.25, 0.3) is 0 Å². The van der Waals surface area contributed by atoms with E-state index in [2.05, 4.69) is 19.2 Å². The normalized spacial score (nSPS) is 13.3. The van der Waals surface area contributed by atoms with Crippen molar-refractivity contribution in [3.63, 3.8) is 0 Å². The third-order valence-electron chi connectivity index (χ3n) is 5.80. The van der Waals surface area contributed by atoms with Crippen molar-refractivity contribution in [3.8, 4) is 17.2 Å². The molecule has 1 aliphatic rings. The van der Waals surface area contributed by atoms with Gasteiger partial charge < -0.3 is 19.5 Å². The van der Waals surface area contributed by atoms with Crippen molar-refractivity contribution < 1.29 is 28.6 Å². The van der Waals surface area contributed by atoms with E-state index in [0.29, 0.717) is 28.7 Å². The molecule has 0 atom stereocenters. The molecule has 190 valence electrons. The number of hydrogen-bond donors (Lipinski definition) is 1. The summed E-state index contributed by atoms with van der Waals surface area (Å²) in [6.45, 7) is 4.17. The van der Waals surface area contributed by atoms with Gasteiger partial charge in [0.25, 0.3) is 11.8 Å². The predicted octanol–water partition coefficient (Wildman–Crippen LogP) is 5.48. The summed E-state index contributed by atoms with van der Waals surface area (Å²) in [7, 11) is 2.92. The lowest BCUT2D eigenvalue weighted by Crippen LogP contribution is -2.32. The van der Waals surface area contributed by atoms with E-state index < -0.39 is 17.8 Å². The van der Waals surface area contributed by atoms with Crippen LogP contribution in [0.15, 0.2) is 77.5 Å². The molecule has 9 heteroatoms. The zero-order valence-corrected chi connectivity index (χ0v) is 21.5. The fraction of sp³-hybridized carbons (Fsp3) is 0.179. The summed E-state index contributed by atoms with van der Waals surface area (Å²) in [5.74, 6) is -0.269. The lowest BCUT2D eigenvalue weighted by Gasteiger charge is -2.18. The SMILES string of the molecule is COc1ccc(N2C(=O)C(Cl)=C(Nc3ccc(C(=O)Oc4ccc(C(C)C)cc4)cc3)C2=O)c(OC)c1. The molecule has 4 rings (SSSR count). The average molecular weight is 521 g/mol. The Morgan fingerprint density at radius 1 is 0.865 bits per heavy atom. The van der Waals surface area contributed by atoms with Gasteiger partial charge in [-0.1, -0.05) is 37.6 Å². The third kappa shape index (κ3) is 5.29. The van der Waals surface area contributed by atoms with E-state index in [9.17, 15) is 14.4 Å². The van der Waals surface area contributed by atoms with Crippen molar-refractivity contribution >= 4 is 40.8 Å². The number of imide groups is 1. The maximum atomic E-state index is 13.1. The Labute approximate surface area is 219 Å². The van der Waals surface area contributed by atoms with Crippen molar-refractivity contribution in [1.29, 1.82) is 0 Å². The largest absolute Gasteiger partial charge is 0.497 e. The number of nitrogens with one attached hydrogen (secondary N) is 1. The van der Waals surface area contributed by atoms with Gasteiger partial charge in [-0.3, -0.25) is 9.59 Å². The maximum absolute atomic E-state index is 13.1. The number of benzene rings is 3. The fourth-order valence-electron chi connectivity index (χ4n) is 3.72. The smallest absolute Gasteiger partial charge is 0.343 e. The van der Waals surface area contributed by atoms with Gasteiger partial charge in [0.05, 0.1) is 25.5 Å². The minimum absolute atomic E-state index is 0.0925. The molecule has 0 fully saturated rings. The molecule has 2 amide bonds. The Morgan fingerprint density at radius 2 is 1.51 bits per heavy atom. The molecule has 8 nitrogen and oxygen atoms in total. The highest BCUT2D eigenvalue weighted by Gasteiger charge is 2.40. The van der Waals surface area contributed by atoms with Crippen LogP contribution < -0.4 is 24.4 Å². The first-order valence-corrected chi connectivity index (χ1v) is 11.8. The molecular weight excluding hydrogens is 496 g/mol. The van der Waals surface area contributed by atoms with Crippen LogP contribution in [0, 0.1) is 0 Å². The van der Waals surface area contributed by atoms with E-state index in [1.165, 1.54) is 20.3 Å². The quantitative estimate of drug-likeness (QED) is 0.239. The van der Waals surface area contributed by atoms with Crippen molar-refractivity contribution in [1.82, 2.24) is 0 Å². The molecule has 37 heavy (non-hydrogen) atoms. The lowest BCUT2D eigenvalue weighted by atomic mass is 10.0. The Kier molecular flexibility index (Phi) is 7.50. The molecule has 0 saturated carbocycles. The standard InChI is InChI=1S/C28H25ClN2O6/c1-16(2)17-7-11-20(12-8-17)37-28(34)18-5-9-19(10-6-18)30-25-24(29)26(32)31(27(25)33)22-14-13-21(35-3)15-23(22)36-4/h5-16,30H,1-4H3. The van der Waals surface area contributed by atoms with Gasteiger partial charge in [-0.25, -0.2) is 9.69 Å². The van der Waals surface area contributed by atoms with Crippen molar-refractivity contribution in [2.75, 3.05) is 24.4 Å². The second kappa shape index (κ2) is 10.8. The van der Waals surface area contributed by atoms with E-state index in [0.717, 1.165) is 10.5 Å². The highest BCUT2D eigenvalue weighted by atomic mass is 35.5. The molecule has 0 aliphatic carbocycles. The van der Waals surface area contributed by atoms with E-state index in [-0.39, 0.29) is 22.2 Å². The van der Waals surface area contributed by atoms with Gasteiger partial charge >= 0.3 is 5.97 Å². The molecule has 0 radical (unpaired) electrons. The van der Waals surface area contributed by atoms with Gasteiger partial charge in [-0.05, 0) is 60.0 Å². The summed E-state index contributed by atoms with van der Waals surface area (Å²) in [6.07, 6.45) is 0. The Balaban J connectivity index is 1.47. The molecule has 0 bridgehead atoms. The highest BCUT2D eigenvalue weighted by molar-refractivity contribution is 6.53. The second-order valence-electron chi connectivity index (χ2n) is 8.49. The highest BCUT2D eigenvalue weighted by Crippen LogP contribution is 2.37. The first kappa shape index (κ1) is 25.8. The molecule has 0 saturated heterocycles. The first-order valence-electron chi connectivity index (χ1n) is 11.4. The molecule has 1 N–H and O–H groups in total. The topological polar surface area (TPSA) is 94.2 Å². The monoisotopic (exact) mass is 520 g/mol. The minimum atomic E-state index is -0.693. The number of esters is 1. The summed E-state index contributed by atoms with van der Waals surface area (Å²) in [5.41, 5.74) is 2.05. The summed E-state index contributed by atoms with van der Waals surface area (Å²) in [4.78, 5) is 39.5. The van der Waals surface area contributed by atoms with E-state index in [1.807, 2.05) is 12.1 Å². The van der Waals surface area contributed by atoms with Gasteiger partial charge in [0.2, 0.25) is 0 Å². The van der Waals surface area contributed by atoms with Crippen LogP contribution in [-0.2, 0) is 9.59 Å². The van der Waals surface area contributed by atoms with Crippen LogP contribution in [0.1, 0.15) is 35.7 Å². The zero-order chi connectivity index (χ0) is 26.7. The van der Waals surface area contributed by atoms with Crippen LogP contribution in [0.5, 0.6) is 17.2 Å². The summed E-state index contributed by atoms with van der Waals surface area (Å²) in [6, 6.07) is 18.3. The van der Waals surface area contributed by atoms with Crippen LogP contribution in [-0.4, -0.2) is 32.0 Å². The summed E-state index contributed by atoms with van der Waals surface area (Å²) < 4.78 is 15.9. The van der Waals surface area contributed by atoms with Crippen LogP contribution >= 0.6 is 11.6 Å². The summed E-state index contributed by atoms with van der Waals surface area (Å²) in [5, 5.41) is 2.61. The molecule has 0 spiro atoms. The average Bonchev–Trinajstić information content (AvgIpc) is 3.11. The minimum Gasteiger partial charge on any atom is -0.497 e. The van der Waals surface area contributed by atoms with Crippen molar-refractivity contribution in [2.24, 2.45) is 0 Å². The molecule has 0 aromatic heterocycles. The first-order chi connectivity index (χ1) is 17.7. The Morgan fingerprint density at radius 3 is 2.11 bits per heavy atom. The molecule has 3 aromatic rings. The molecule has 1 heterocycles. The number of nitrogens with zero attached hydrogens (tertiary/aromatic N) is 1. The number of anilines is 2. The molecule has 1 aliphatic heterocycles. The van der Waals surface area contributed by atoms with Crippen LogP contribution in [0.4, 0.5) is 11.4 Å². The lowest BCUT2D eigenvalue weighted by molar-refractivity contribution is -0.120. The van der Waals surface area contributed by atoms with Crippen molar-refractivity contribution in [3.05, 3.63) is 88.6 Å². The number of amides is 2. The third-order valence-corrected chi connectivity index (χ3v) is 6.15. The van der Waals surface area contributed by atoms with E-state index in [1.54, 1.807) is 48.5 Å². The van der Waals surface area contributed by atoms with E-state index >= 15 is 0 Å². The second-order valence-corrected chi connectivity index (χ2v) is 8.87. The fourth-order valence-corrected chi connectivity index (χ4v) is 3.93. The number of carbonyl (C=O) groups excluding carboxylic acids is 3. The Bertz CT molecular complexity index is 1380. The zero-order valence-electron chi connectivity index (χ0n) is 20.7. The summed E-state index contributed by atoms with van der Waals surface area (Å²) >= 11 is 6.24. The number of methoxy groups -OCH3 is 2. The molecule has 0 unspecified atom stereocenters. The van der Waals surface area contributed by atoms with Crippen molar-refractivity contribution in [2.45, 2.75) is 19.8 Å². The maximum Gasteiger partial charge on any atom is 0.343 e. The van der Waals surface area contributed by atoms with Crippen LogP contribution in [0.2, 0.25) is 0 Å². The predicted molar refractivity (Wildman–Crippen MR) is 140 cm³/mol. The van der Waals surface area contributed by atoms with Gasteiger partial charge in [0.1, 0.15) is 28.0 Å².